The minimum Gasteiger partial charge on any atom is -0.320 e. The molecule has 2 heteroatoms. The van der Waals surface area contributed by atoms with Gasteiger partial charge in [0.05, 0.1) is 11.4 Å². The van der Waals surface area contributed by atoms with Gasteiger partial charge < -0.3 is 4.90 Å². The highest BCUT2D eigenvalue weighted by Gasteiger charge is 2.21. The number of hydrogen-bond acceptors (Lipinski definition) is 2. The molecule has 2 nitrogen and oxygen atoms in total. The molecule has 0 atom stereocenters. The molecule has 1 aromatic carbocycles. The Morgan fingerprint density at radius 2 is 2.00 bits per heavy atom. The number of nitrogens with zero attached hydrogens (tertiary/aromatic N) is 2. The minimum absolute atomic E-state index is 0.746. The van der Waals surface area contributed by atoms with Crippen LogP contribution in [0.1, 0.15) is 6.42 Å². The lowest BCUT2D eigenvalue weighted by molar-refractivity contribution is 0.999. The van der Waals surface area contributed by atoms with E-state index in [-0.39, 0.29) is 0 Å². The average Bonchev–Trinajstić information content (AvgIpc) is 2.74. The van der Waals surface area contributed by atoms with Gasteiger partial charge in [0.15, 0.2) is 0 Å². The second kappa shape index (κ2) is 3.39. The van der Waals surface area contributed by atoms with E-state index >= 15 is 0 Å². The maximum atomic E-state index is 4.50. The lowest BCUT2D eigenvalue weighted by Gasteiger charge is -2.20. The van der Waals surface area contributed by atoms with Crippen molar-refractivity contribution in [1.29, 1.82) is 0 Å². The second-order valence-corrected chi connectivity index (χ2v) is 3.68. The third-order valence-electron chi connectivity index (χ3n) is 2.73. The summed E-state index contributed by atoms with van der Waals surface area (Å²) in [6.45, 7) is 0.746. The summed E-state index contributed by atoms with van der Waals surface area (Å²) in [5, 5.41) is 0. The molecule has 0 unspecified atom stereocenters. The molecule has 1 aliphatic heterocycles. The zero-order valence-electron chi connectivity index (χ0n) is 8.43. The zero-order chi connectivity index (χ0) is 10.1. The van der Waals surface area contributed by atoms with Gasteiger partial charge >= 0.3 is 0 Å². The van der Waals surface area contributed by atoms with Crippen LogP contribution in [0.4, 0.5) is 5.69 Å². The second-order valence-electron chi connectivity index (χ2n) is 3.68. The Bertz CT molecular complexity index is 455. The van der Waals surface area contributed by atoms with Gasteiger partial charge in [0.2, 0.25) is 0 Å². The van der Waals surface area contributed by atoms with Crippen LogP contribution in [0.3, 0.4) is 0 Å². The van der Waals surface area contributed by atoms with Crippen molar-refractivity contribution in [3.63, 3.8) is 0 Å². The first-order valence-electron chi connectivity index (χ1n) is 5.19. The molecular weight excluding hydrogens is 184 g/mol. The van der Waals surface area contributed by atoms with Crippen molar-refractivity contribution >= 4 is 11.4 Å². The summed E-state index contributed by atoms with van der Waals surface area (Å²) in [4.78, 5) is 6.75. The van der Waals surface area contributed by atoms with E-state index < -0.39 is 0 Å². The van der Waals surface area contributed by atoms with Gasteiger partial charge in [0.1, 0.15) is 6.67 Å². The monoisotopic (exact) mass is 196 g/mol. The molecule has 0 saturated heterocycles. The van der Waals surface area contributed by atoms with E-state index in [9.17, 15) is 0 Å². The number of para-hydroxylation sites is 1. The Morgan fingerprint density at radius 1 is 1.13 bits per heavy atom. The third-order valence-corrected chi connectivity index (χ3v) is 2.73. The van der Waals surface area contributed by atoms with Gasteiger partial charge in [0, 0.05) is 5.69 Å². The Kier molecular flexibility index (Phi) is 1.91. The Morgan fingerprint density at radius 3 is 2.87 bits per heavy atom. The highest BCUT2D eigenvalue weighted by Crippen LogP contribution is 2.26. The number of anilines is 1. The number of benzene rings is 1. The van der Waals surface area contributed by atoms with E-state index in [1.807, 2.05) is 6.07 Å². The summed E-state index contributed by atoms with van der Waals surface area (Å²) < 4.78 is 0. The topological polar surface area (TPSA) is 15.6 Å². The van der Waals surface area contributed by atoms with Gasteiger partial charge in [-0.3, -0.25) is 4.99 Å². The summed E-state index contributed by atoms with van der Waals surface area (Å²) in [5.74, 6) is 0. The maximum absolute atomic E-state index is 4.50. The number of fused-ring (bicyclic) bond motifs is 1. The SMILES string of the molecule is C1=CC2=NCN(c3ccccc3)C2=CC1. The molecule has 0 spiro atoms. The zero-order valence-corrected chi connectivity index (χ0v) is 8.43. The standard InChI is InChI=1S/C13H12N2/c1-2-6-11(7-3-1)15-10-14-12-8-4-5-9-13(12)15/h1-4,6-9H,5,10H2. The van der Waals surface area contributed by atoms with Crippen LogP contribution in [0, 0.1) is 0 Å². The molecule has 3 rings (SSSR count). The fraction of sp³-hybridized carbons (Fsp3) is 0.154. The predicted octanol–water partition coefficient (Wildman–Crippen LogP) is 2.75. The quantitative estimate of drug-likeness (QED) is 0.674. The van der Waals surface area contributed by atoms with E-state index in [1.165, 1.54) is 11.4 Å². The van der Waals surface area contributed by atoms with Gasteiger partial charge in [-0.05, 0) is 24.6 Å². The van der Waals surface area contributed by atoms with Crippen molar-refractivity contribution in [1.82, 2.24) is 0 Å². The van der Waals surface area contributed by atoms with E-state index in [2.05, 4.69) is 52.4 Å². The first kappa shape index (κ1) is 8.48. The van der Waals surface area contributed by atoms with Gasteiger partial charge in [-0.25, -0.2) is 0 Å². The molecule has 1 heterocycles. The van der Waals surface area contributed by atoms with Crippen LogP contribution >= 0.6 is 0 Å². The summed E-state index contributed by atoms with van der Waals surface area (Å²) in [6.07, 6.45) is 7.51. The Balaban J connectivity index is 1.96. The van der Waals surface area contributed by atoms with Crippen LogP contribution in [0.25, 0.3) is 0 Å². The van der Waals surface area contributed by atoms with Crippen LogP contribution in [0.2, 0.25) is 0 Å². The number of hydrogen-bond donors (Lipinski definition) is 0. The molecule has 1 aliphatic carbocycles. The van der Waals surface area contributed by atoms with Crippen LogP contribution in [-0.2, 0) is 0 Å². The van der Waals surface area contributed by atoms with Crippen LogP contribution in [-0.4, -0.2) is 12.4 Å². The molecule has 2 aliphatic rings. The summed E-state index contributed by atoms with van der Waals surface area (Å²) in [7, 11) is 0. The molecule has 1 aromatic rings. The minimum atomic E-state index is 0.746. The lowest BCUT2D eigenvalue weighted by atomic mass is 10.1. The number of allylic oxidation sites excluding steroid dienone is 3. The first-order valence-corrected chi connectivity index (χ1v) is 5.19. The van der Waals surface area contributed by atoms with Gasteiger partial charge in [0.25, 0.3) is 0 Å². The maximum Gasteiger partial charge on any atom is 0.115 e. The molecule has 0 bridgehead atoms. The Labute approximate surface area is 89.3 Å². The number of aliphatic imine (C=N–C) groups is 1. The summed E-state index contributed by atoms with van der Waals surface area (Å²) in [6, 6.07) is 10.4. The average molecular weight is 196 g/mol. The third kappa shape index (κ3) is 1.38. The highest BCUT2D eigenvalue weighted by molar-refractivity contribution is 6.13. The highest BCUT2D eigenvalue weighted by atomic mass is 15.3. The number of rotatable bonds is 1. The molecule has 0 saturated carbocycles. The van der Waals surface area contributed by atoms with Crippen LogP contribution < -0.4 is 4.90 Å². The van der Waals surface area contributed by atoms with Gasteiger partial charge in [-0.1, -0.05) is 30.4 Å². The van der Waals surface area contributed by atoms with E-state index in [4.69, 9.17) is 0 Å². The van der Waals surface area contributed by atoms with E-state index in [0.29, 0.717) is 0 Å². The van der Waals surface area contributed by atoms with Crippen molar-refractivity contribution in [2.45, 2.75) is 6.42 Å². The first-order chi connectivity index (χ1) is 7.45. The molecule has 15 heavy (non-hydrogen) atoms. The summed E-state index contributed by atoms with van der Waals surface area (Å²) in [5.41, 5.74) is 3.59. The molecule has 0 amide bonds. The molecule has 0 radical (unpaired) electrons. The normalized spacial score (nSPS) is 18.5. The van der Waals surface area contributed by atoms with Crippen LogP contribution in [0.5, 0.6) is 0 Å². The van der Waals surface area contributed by atoms with Crippen molar-refractivity contribution in [2.24, 2.45) is 4.99 Å². The molecule has 0 fully saturated rings. The van der Waals surface area contributed by atoms with E-state index in [1.54, 1.807) is 0 Å². The predicted molar refractivity (Wildman–Crippen MR) is 63.1 cm³/mol. The fourth-order valence-electron chi connectivity index (χ4n) is 1.98. The molecular formula is C13H12N2. The van der Waals surface area contributed by atoms with Crippen LogP contribution in [0.15, 0.2) is 59.2 Å². The molecule has 74 valence electrons. The Hall–Kier alpha value is -1.83. The van der Waals surface area contributed by atoms with E-state index in [0.717, 1.165) is 18.8 Å². The molecule has 0 N–H and O–H groups in total. The van der Waals surface area contributed by atoms with Gasteiger partial charge in [-0.2, -0.15) is 0 Å². The largest absolute Gasteiger partial charge is 0.320 e. The fourth-order valence-corrected chi connectivity index (χ4v) is 1.98. The van der Waals surface area contributed by atoms with Gasteiger partial charge in [-0.15, -0.1) is 0 Å². The lowest BCUT2D eigenvalue weighted by Crippen LogP contribution is -2.20. The van der Waals surface area contributed by atoms with Crippen molar-refractivity contribution in [3.8, 4) is 0 Å². The molecule has 0 aromatic heterocycles. The smallest absolute Gasteiger partial charge is 0.115 e. The van der Waals surface area contributed by atoms with Crippen molar-refractivity contribution in [2.75, 3.05) is 11.6 Å². The van der Waals surface area contributed by atoms with Crippen molar-refractivity contribution in [3.05, 3.63) is 54.3 Å². The summed E-state index contributed by atoms with van der Waals surface area (Å²) >= 11 is 0. The van der Waals surface area contributed by atoms with Crippen molar-refractivity contribution < 1.29 is 0 Å².